The number of ether oxygens (including phenoxy) is 1. The number of nitrogens with one attached hydrogen (secondary N) is 1. The van der Waals surface area contributed by atoms with Crippen LogP contribution in [-0.2, 0) is 11.3 Å². The number of rotatable bonds is 8. The highest BCUT2D eigenvalue weighted by Gasteiger charge is 2.22. The molecule has 0 unspecified atom stereocenters. The molecule has 5 nitrogen and oxygen atoms in total. The van der Waals surface area contributed by atoms with Gasteiger partial charge in [0, 0.05) is 7.11 Å². The molecule has 2 rings (SSSR count). The second-order valence-electron chi connectivity index (χ2n) is 4.55. The lowest BCUT2D eigenvalue weighted by molar-refractivity contribution is 0.0976. The predicted octanol–water partition coefficient (Wildman–Crippen LogP) is 1.47. The van der Waals surface area contributed by atoms with Gasteiger partial charge in [-0.2, -0.15) is 5.10 Å². The third-order valence-electron chi connectivity index (χ3n) is 2.98. The SMILES string of the molecule is COCCn1ncc(Br)c1C(=O)CNCC1CC1. The minimum Gasteiger partial charge on any atom is -0.383 e. The Bertz CT molecular complexity index is 415. The van der Waals surface area contributed by atoms with E-state index in [2.05, 4.69) is 26.3 Å². The molecule has 0 amide bonds. The number of Topliss-reactive ketones (excluding diaryl/α,β-unsaturated/α-hetero) is 1. The Labute approximate surface area is 115 Å². The maximum absolute atomic E-state index is 12.1. The summed E-state index contributed by atoms with van der Waals surface area (Å²) < 4.78 is 7.44. The van der Waals surface area contributed by atoms with Crippen LogP contribution < -0.4 is 5.32 Å². The summed E-state index contributed by atoms with van der Waals surface area (Å²) in [7, 11) is 1.64. The maximum Gasteiger partial charge on any atom is 0.195 e. The lowest BCUT2D eigenvalue weighted by Gasteiger charge is -2.07. The summed E-state index contributed by atoms with van der Waals surface area (Å²) in [6, 6.07) is 0. The van der Waals surface area contributed by atoms with Gasteiger partial charge in [0.05, 0.1) is 30.4 Å². The number of carbonyl (C=O) groups is 1. The second-order valence-corrected chi connectivity index (χ2v) is 5.41. The highest BCUT2D eigenvalue weighted by atomic mass is 79.9. The van der Waals surface area contributed by atoms with Gasteiger partial charge >= 0.3 is 0 Å². The largest absolute Gasteiger partial charge is 0.383 e. The van der Waals surface area contributed by atoms with E-state index in [0.717, 1.165) is 16.9 Å². The van der Waals surface area contributed by atoms with Crippen molar-refractivity contribution in [3.05, 3.63) is 16.4 Å². The van der Waals surface area contributed by atoms with Gasteiger partial charge in [-0.3, -0.25) is 9.48 Å². The first-order chi connectivity index (χ1) is 8.72. The molecule has 0 aliphatic heterocycles. The zero-order chi connectivity index (χ0) is 13.0. The van der Waals surface area contributed by atoms with Gasteiger partial charge in [-0.05, 0) is 41.2 Å². The normalized spacial score (nSPS) is 15.0. The van der Waals surface area contributed by atoms with Crippen molar-refractivity contribution in [2.45, 2.75) is 19.4 Å². The molecule has 1 aliphatic rings. The number of nitrogens with zero attached hydrogens (tertiary/aromatic N) is 2. The summed E-state index contributed by atoms with van der Waals surface area (Å²) in [5.41, 5.74) is 0.621. The van der Waals surface area contributed by atoms with E-state index in [1.165, 1.54) is 12.8 Å². The van der Waals surface area contributed by atoms with E-state index in [-0.39, 0.29) is 5.78 Å². The molecular weight excluding hydrogens is 298 g/mol. The van der Waals surface area contributed by atoms with E-state index in [1.54, 1.807) is 18.0 Å². The molecule has 1 aliphatic carbocycles. The molecule has 1 N–H and O–H groups in total. The summed E-state index contributed by atoms with van der Waals surface area (Å²) in [4.78, 5) is 12.1. The molecule has 1 saturated carbocycles. The molecule has 1 aromatic heterocycles. The molecule has 0 aromatic carbocycles. The number of carbonyl (C=O) groups excluding carboxylic acids is 1. The van der Waals surface area contributed by atoms with Crippen LogP contribution in [0.2, 0.25) is 0 Å². The van der Waals surface area contributed by atoms with Gasteiger partial charge in [0.2, 0.25) is 0 Å². The molecular formula is C12H18BrN3O2. The Balaban J connectivity index is 1.91. The van der Waals surface area contributed by atoms with Crippen molar-refractivity contribution < 1.29 is 9.53 Å². The van der Waals surface area contributed by atoms with Crippen molar-refractivity contribution in [1.82, 2.24) is 15.1 Å². The maximum atomic E-state index is 12.1. The Morgan fingerprint density at radius 3 is 3.11 bits per heavy atom. The Morgan fingerprint density at radius 2 is 2.44 bits per heavy atom. The Kier molecular flexibility index (Phi) is 4.91. The fraction of sp³-hybridized carbons (Fsp3) is 0.667. The average molecular weight is 316 g/mol. The molecule has 0 saturated heterocycles. The quantitative estimate of drug-likeness (QED) is 0.738. The smallest absolute Gasteiger partial charge is 0.195 e. The van der Waals surface area contributed by atoms with Crippen molar-refractivity contribution in [3.8, 4) is 0 Å². The molecule has 0 radical (unpaired) electrons. The third-order valence-corrected chi connectivity index (χ3v) is 3.56. The van der Waals surface area contributed by atoms with Crippen LogP contribution in [0, 0.1) is 5.92 Å². The average Bonchev–Trinajstić information content (AvgIpc) is 3.09. The summed E-state index contributed by atoms with van der Waals surface area (Å²) in [6.07, 6.45) is 4.23. The van der Waals surface area contributed by atoms with Crippen LogP contribution in [0.3, 0.4) is 0 Å². The number of methoxy groups -OCH3 is 1. The lowest BCUT2D eigenvalue weighted by Crippen LogP contribution is -2.27. The number of hydrogen-bond donors (Lipinski definition) is 1. The molecule has 1 fully saturated rings. The van der Waals surface area contributed by atoms with Crippen molar-refractivity contribution in [3.63, 3.8) is 0 Å². The predicted molar refractivity (Wildman–Crippen MR) is 71.7 cm³/mol. The molecule has 0 atom stereocenters. The van der Waals surface area contributed by atoms with Gasteiger partial charge in [-0.1, -0.05) is 0 Å². The summed E-state index contributed by atoms with van der Waals surface area (Å²) in [6.45, 7) is 2.44. The van der Waals surface area contributed by atoms with E-state index in [1.807, 2.05) is 0 Å². The monoisotopic (exact) mass is 315 g/mol. The fourth-order valence-corrected chi connectivity index (χ4v) is 2.30. The van der Waals surface area contributed by atoms with E-state index in [9.17, 15) is 4.79 Å². The van der Waals surface area contributed by atoms with Crippen molar-refractivity contribution >= 4 is 21.7 Å². The summed E-state index contributed by atoms with van der Waals surface area (Å²) in [5.74, 6) is 0.843. The number of aromatic nitrogens is 2. The summed E-state index contributed by atoms with van der Waals surface area (Å²) in [5, 5.41) is 7.37. The fourth-order valence-electron chi connectivity index (χ4n) is 1.78. The highest BCUT2D eigenvalue weighted by Crippen LogP contribution is 2.27. The highest BCUT2D eigenvalue weighted by molar-refractivity contribution is 9.10. The van der Waals surface area contributed by atoms with Gasteiger partial charge in [-0.15, -0.1) is 0 Å². The molecule has 100 valence electrons. The van der Waals surface area contributed by atoms with Crippen LogP contribution in [0.1, 0.15) is 23.3 Å². The van der Waals surface area contributed by atoms with Crippen molar-refractivity contribution in [2.24, 2.45) is 5.92 Å². The van der Waals surface area contributed by atoms with Crippen LogP contribution in [0.15, 0.2) is 10.7 Å². The number of ketones is 1. The first-order valence-corrected chi connectivity index (χ1v) is 6.96. The number of hydrogen-bond acceptors (Lipinski definition) is 4. The van der Waals surface area contributed by atoms with Crippen LogP contribution in [0.4, 0.5) is 0 Å². The van der Waals surface area contributed by atoms with Gasteiger partial charge in [0.25, 0.3) is 0 Å². The van der Waals surface area contributed by atoms with Gasteiger partial charge < -0.3 is 10.1 Å². The van der Waals surface area contributed by atoms with Gasteiger partial charge in [-0.25, -0.2) is 0 Å². The molecule has 6 heteroatoms. The Morgan fingerprint density at radius 1 is 1.67 bits per heavy atom. The minimum absolute atomic E-state index is 0.0659. The molecule has 0 spiro atoms. The third kappa shape index (κ3) is 3.63. The zero-order valence-electron chi connectivity index (χ0n) is 10.5. The molecule has 18 heavy (non-hydrogen) atoms. The first kappa shape index (κ1) is 13.7. The topological polar surface area (TPSA) is 56.2 Å². The molecule has 1 aromatic rings. The van der Waals surface area contributed by atoms with Crippen LogP contribution in [0.5, 0.6) is 0 Å². The van der Waals surface area contributed by atoms with Crippen LogP contribution in [0.25, 0.3) is 0 Å². The van der Waals surface area contributed by atoms with Crippen LogP contribution >= 0.6 is 15.9 Å². The van der Waals surface area contributed by atoms with Crippen LogP contribution in [-0.4, -0.2) is 42.4 Å². The minimum atomic E-state index is 0.0659. The van der Waals surface area contributed by atoms with Gasteiger partial charge in [0.15, 0.2) is 5.78 Å². The zero-order valence-corrected chi connectivity index (χ0v) is 12.1. The van der Waals surface area contributed by atoms with E-state index < -0.39 is 0 Å². The number of halogens is 1. The summed E-state index contributed by atoms with van der Waals surface area (Å²) >= 11 is 3.37. The lowest BCUT2D eigenvalue weighted by atomic mass is 10.2. The van der Waals surface area contributed by atoms with E-state index in [4.69, 9.17) is 4.74 Å². The van der Waals surface area contributed by atoms with E-state index in [0.29, 0.717) is 25.4 Å². The van der Waals surface area contributed by atoms with Gasteiger partial charge in [0.1, 0.15) is 5.69 Å². The Hall–Kier alpha value is -0.720. The van der Waals surface area contributed by atoms with Crippen molar-refractivity contribution in [1.29, 1.82) is 0 Å². The standard InChI is InChI=1S/C12H18BrN3O2/c1-18-5-4-16-12(10(13)7-15-16)11(17)8-14-6-9-2-3-9/h7,9,14H,2-6,8H2,1H3. The molecule has 0 bridgehead atoms. The first-order valence-electron chi connectivity index (χ1n) is 6.16. The second kappa shape index (κ2) is 6.45. The van der Waals surface area contributed by atoms with E-state index >= 15 is 0 Å². The molecule has 1 heterocycles. The van der Waals surface area contributed by atoms with Crippen molar-refractivity contribution in [2.75, 3.05) is 26.8 Å².